The first-order valence-electron chi connectivity index (χ1n) is 5.03. The molecule has 1 saturated heterocycles. The fraction of sp³-hybridized carbons (Fsp3) is 0.778. The zero-order valence-corrected chi connectivity index (χ0v) is 8.36. The third kappa shape index (κ3) is 2.10. The maximum atomic E-state index is 11.1. The van der Waals surface area contributed by atoms with E-state index in [2.05, 4.69) is 27.4 Å². The molecule has 5 heteroatoms. The second kappa shape index (κ2) is 4.06. The van der Waals surface area contributed by atoms with Gasteiger partial charge in [0.2, 0.25) is 5.91 Å². The molecule has 5 nitrogen and oxygen atoms in total. The van der Waals surface area contributed by atoms with Gasteiger partial charge in [-0.15, -0.1) is 0 Å². The number of nitrogens with one attached hydrogen (secondary N) is 2. The van der Waals surface area contributed by atoms with Gasteiger partial charge in [0.15, 0.2) is 6.29 Å². The fourth-order valence-electron chi connectivity index (χ4n) is 1.72. The molecule has 0 spiro atoms. The van der Waals surface area contributed by atoms with E-state index in [1.54, 1.807) is 0 Å². The van der Waals surface area contributed by atoms with Crippen molar-refractivity contribution in [3.63, 3.8) is 0 Å². The van der Waals surface area contributed by atoms with Crippen LogP contribution in [0.15, 0.2) is 4.99 Å². The van der Waals surface area contributed by atoms with E-state index in [0.717, 1.165) is 19.6 Å². The van der Waals surface area contributed by atoms with Gasteiger partial charge in [-0.05, 0) is 0 Å². The summed E-state index contributed by atoms with van der Waals surface area (Å²) in [4.78, 5) is 17.6. The normalized spacial score (nSPS) is 34.2. The lowest BCUT2D eigenvalue weighted by atomic mass is 10.2. The fourth-order valence-corrected chi connectivity index (χ4v) is 1.72. The number of amides is 1. The molecule has 14 heavy (non-hydrogen) atoms. The Labute approximate surface area is 83.6 Å². The summed E-state index contributed by atoms with van der Waals surface area (Å²) < 4.78 is 0. The Bertz CT molecular complexity index is 253. The molecule has 2 rings (SSSR count). The first-order valence-corrected chi connectivity index (χ1v) is 5.03. The van der Waals surface area contributed by atoms with Crippen LogP contribution in [0, 0.1) is 5.92 Å². The summed E-state index contributed by atoms with van der Waals surface area (Å²) in [5.41, 5.74) is 0. The van der Waals surface area contributed by atoms with Crippen LogP contribution < -0.4 is 10.6 Å². The molecule has 1 fully saturated rings. The van der Waals surface area contributed by atoms with Crippen LogP contribution in [0.1, 0.15) is 6.92 Å². The topological polar surface area (TPSA) is 56.7 Å². The summed E-state index contributed by atoms with van der Waals surface area (Å²) in [5.74, 6) is 0.580. The lowest BCUT2D eigenvalue weighted by Gasteiger charge is -2.34. The molecule has 2 aliphatic heterocycles. The maximum absolute atomic E-state index is 11.1. The second-order valence-electron chi connectivity index (χ2n) is 3.88. The molecular formula is C9H16N4O. The summed E-state index contributed by atoms with van der Waals surface area (Å²) in [6.07, 6.45) is 1.96. The van der Waals surface area contributed by atoms with Crippen molar-refractivity contribution in [1.82, 2.24) is 15.5 Å². The number of carbonyl (C=O) groups is 1. The molecule has 1 amide bonds. The summed E-state index contributed by atoms with van der Waals surface area (Å²) in [6.45, 7) is 5.10. The monoisotopic (exact) mass is 196 g/mol. The number of nitrogens with zero attached hydrogens (tertiary/aromatic N) is 2. The first kappa shape index (κ1) is 9.61. The van der Waals surface area contributed by atoms with Crippen LogP contribution in [-0.4, -0.2) is 49.5 Å². The van der Waals surface area contributed by atoms with Gasteiger partial charge in [-0.3, -0.25) is 20.0 Å². The lowest BCUT2D eigenvalue weighted by Crippen LogP contribution is -2.56. The molecule has 2 atom stereocenters. The van der Waals surface area contributed by atoms with E-state index in [1.807, 2.05) is 6.21 Å². The first-order chi connectivity index (χ1) is 6.75. The number of rotatable bonds is 1. The molecule has 78 valence electrons. The van der Waals surface area contributed by atoms with Gasteiger partial charge in [-0.25, -0.2) is 0 Å². The predicted molar refractivity (Wildman–Crippen MR) is 54.0 cm³/mol. The summed E-state index contributed by atoms with van der Waals surface area (Å²) in [7, 11) is 0. The lowest BCUT2D eigenvalue weighted by molar-refractivity contribution is -0.125. The molecule has 2 unspecified atom stereocenters. The Kier molecular flexibility index (Phi) is 2.79. The van der Waals surface area contributed by atoms with Crippen LogP contribution in [0.3, 0.4) is 0 Å². The van der Waals surface area contributed by atoms with Crippen LogP contribution >= 0.6 is 0 Å². The van der Waals surface area contributed by atoms with E-state index in [9.17, 15) is 4.79 Å². The molecule has 0 aromatic heterocycles. The van der Waals surface area contributed by atoms with E-state index in [-0.39, 0.29) is 12.2 Å². The zero-order chi connectivity index (χ0) is 9.97. The van der Waals surface area contributed by atoms with Gasteiger partial charge in [0.05, 0.1) is 6.54 Å². The Hall–Kier alpha value is -0.940. The molecule has 0 aliphatic carbocycles. The maximum Gasteiger partial charge on any atom is 0.234 e. The van der Waals surface area contributed by atoms with E-state index >= 15 is 0 Å². The molecule has 2 aliphatic rings. The van der Waals surface area contributed by atoms with Gasteiger partial charge >= 0.3 is 0 Å². The Morgan fingerprint density at radius 1 is 1.64 bits per heavy atom. The average Bonchev–Trinajstić information content (AvgIpc) is 2.19. The molecule has 0 saturated carbocycles. The van der Waals surface area contributed by atoms with E-state index < -0.39 is 0 Å². The van der Waals surface area contributed by atoms with Crippen LogP contribution in [0.5, 0.6) is 0 Å². The minimum Gasteiger partial charge on any atom is -0.354 e. The highest BCUT2D eigenvalue weighted by Gasteiger charge is 2.24. The van der Waals surface area contributed by atoms with Crippen molar-refractivity contribution < 1.29 is 4.79 Å². The van der Waals surface area contributed by atoms with E-state index in [4.69, 9.17) is 0 Å². The number of hydrogen-bond donors (Lipinski definition) is 2. The van der Waals surface area contributed by atoms with Gasteiger partial charge in [-0.1, -0.05) is 6.92 Å². The number of hydrogen-bond acceptors (Lipinski definition) is 4. The van der Waals surface area contributed by atoms with Crippen LogP contribution in [0.2, 0.25) is 0 Å². The van der Waals surface area contributed by atoms with Crippen molar-refractivity contribution in [3.8, 4) is 0 Å². The highest BCUT2D eigenvalue weighted by Crippen LogP contribution is 2.05. The van der Waals surface area contributed by atoms with Crippen molar-refractivity contribution in [3.05, 3.63) is 0 Å². The van der Waals surface area contributed by atoms with Gasteiger partial charge < -0.3 is 5.32 Å². The van der Waals surface area contributed by atoms with Crippen LogP contribution in [0.4, 0.5) is 0 Å². The van der Waals surface area contributed by atoms with Gasteiger partial charge in [-0.2, -0.15) is 0 Å². The standard InChI is InChI=1S/C9H16N4O/c1-7-4-11-9(12-5-7)13-3-2-10-8(14)6-13/h4,7,9,12H,2-3,5-6H2,1H3,(H,10,14). The average molecular weight is 196 g/mol. The Morgan fingerprint density at radius 3 is 3.14 bits per heavy atom. The SMILES string of the molecule is CC1C=NC(N2CCNC(=O)C2)NC1. The highest BCUT2D eigenvalue weighted by molar-refractivity contribution is 5.78. The number of aliphatic imine (C=N–C) groups is 1. The van der Waals surface area contributed by atoms with E-state index in [1.165, 1.54) is 0 Å². The quantitative estimate of drug-likeness (QED) is 0.566. The molecule has 0 aromatic rings. The molecule has 2 heterocycles. The summed E-state index contributed by atoms with van der Waals surface area (Å²) in [6, 6.07) is 0. The minimum absolute atomic E-state index is 0.00255. The molecule has 0 bridgehead atoms. The number of carbonyl (C=O) groups excluding carboxylic acids is 1. The number of piperazine rings is 1. The van der Waals surface area contributed by atoms with E-state index in [0.29, 0.717) is 12.5 Å². The smallest absolute Gasteiger partial charge is 0.234 e. The predicted octanol–water partition coefficient (Wildman–Crippen LogP) is -0.988. The van der Waals surface area contributed by atoms with Crippen molar-refractivity contribution in [2.75, 3.05) is 26.2 Å². The van der Waals surface area contributed by atoms with Gasteiger partial charge in [0, 0.05) is 31.8 Å². The summed E-state index contributed by atoms with van der Waals surface area (Å²) >= 11 is 0. The van der Waals surface area contributed by atoms with Crippen molar-refractivity contribution in [1.29, 1.82) is 0 Å². The Balaban J connectivity index is 1.94. The van der Waals surface area contributed by atoms with Crippen molar-refractivity contribution in [2.24, 2.45) is 10.9 Å². The van der Waals surface area contributed by atoms with Crippen molar-refractivity contribution >= 4 is 12.1 Å². The molecule has 0 aromatic carbocycles. The zero-order valence-electron chi connectivity index (χ0n) is 8.36. The van der Waals surface area contributed by atoms with Crippen molar-refractivity contribution in [2.45, 2.75) is 13.2 Å². The third-order valence-electron chi connectivity index (χ3n) is 2.52. The molecule has 0 radical (unpaired) electrons. The molecular weight excluding hydrogens is 180 g/mol. The van der Waals surface area contributed by atoms with Gasteiger partial charge in [0.1, 0.15) is 0 Å². The second-order valence-corrected chi connectivity index (χ2v) is 3.88. The highest BCUT2D eigenvalue weighted by atomic mass is 16.2. The summed E-state index contributed by atoms with van der Waals surface area (Å²) in [5, 5.41) is 6.11. The third-order valence-corrected chi connectivity index (χ3v) is 2.52. The molecule has 2 N–H and O–H groups in total. The Morgan fingerprint density at radius 2 is 2.50 bits per heavy atom. The van der Waals surface area contributed by atoms with Crippen LogP contribution in [-0.2, 0) is 4.79 Å². The minimum atomic E-state index is -0.00255. The largest absolute Gasteiger partial charge is 0.354 e. The van der Waals surface area contributed by atoms with Crippen LogP contribution in [0.25, 0.3) is 0 Å². The van der Waals surface area contributed by atoms with Gasteiger partial charge in [0.25, 0.3) is 0 Å².